The van der Waals surface area contributed by atoms with Crippen molar-refractivity contribution in [2.24, 2.45) is 0 Å². The smallest absolute Gasteiger partial charge is 0.290 e. The van der Waals surface area contributed by atoms with E-state index in [4.69, 9.17) is 9.90 Å². The van der Waals surface area contributed by atoms with Crippen molar-refractivity contribution >= 4 is 45.0 Å². The van der Waals surface area contributed by atoms with E-state index in [9.17, 15) is 0 Å². The Bertz CT molecular complexity index is 206. The summed E-state index contributed by atoms with van der Waals surface area (Å²) < 4.78 is 2.42. The molecule has 4 heteroatoms. The molecule has 0 unspecified atom stereocenters. The molecule has 0 fully saturated rings. The molecule has 1 rings (SSSR count). The average Bonchev–Trinajstić information content (AvgIpc) is 1.97. The Morgan fingerprint density at radius 1 is 1.45 bits per heavy atom. The van der Waals surface area contributed by atoms with Crippen molar-refractivity contribution in [1.29, 1.82) is 0 Å². The van der Waals surface area contributed by atoms with Gasteiger partial charge < -0.3 is 5.11 Å². The summed E-state index contributed by atoms with van der Waals surface area (Å²) in [5.74, 6) is 0. The largest absolute Gasteiger partial charge is 0.483 e. The van der Waals surface area contributed by atoms with Crippen molar-refractivity contribution in [3.8, 4) is 0 Å². The van der Waals surface area contributed by atoms with Crippen molar-refractivity contribution in [3.05, 3.63) is 32.3 Å². The first kappa shape index (κ1) is 10.9. The van der Waals surface area contributed by atoms with Crippen LogP contribution in [0.25, 0.3) is 0 Å². The van der Waals surface area contributed by atoms with Gasteiger partial charge in [-0.1, -0.05) is 12.1 Å². The van der Waals surface area contributed by atoms with E-state index in [0.29, 0.717) is 0 Å². The first-order valence-corrected chi connectivity index (χ1v) is 4.57. The third-order valence-corrected chi connectivity index (χ3v) is 3.20. The summed E-state index contributed by atoms with van der Waals surface area (Å²) in [4.78, 5) is 8.36. The molecular formula is C7H6BrIO2. The Labute approximate surface area is 86.9 Å². The molecule has 0 saturated carbocycles. The topological polar surface area (TPSA) is 37.3 Å². The molecule has 0 bridgehead atoms. The van der Waals surface area contributed by atoms with Crippen LogP contribution in [0.3, 0.4) is 0 Å². The van der Waals surface area contributed by atoms with Crippen LogP contribution in [0.5, 0.6) is 0 Å². The van der Waals surface area contributed by atoms with Gasteiger partial charge in [0.25, 0.3) is 6.47 Å². The van der Waals surface area contributed by atoms with Crippen LogP contribution in [-0.4, -0.2) is 11.6 Å². The fourth-order valence-electron chi connectivity index (χ4n) is 0.439. The molecule has 11 heavy (non-hydrogen) atoms. The maximum atomic E-state index is 8.36. The Kier molecular flexibility index (Phi) is 6.54. The minimum absolute atomic E-state index is 0.250. The van der Waals surface area contributed by atoms with Crippen LogP contribution in [-0.2, 0) is 4.79 Å². The van der Waals surface area contributed by atoms with Gasteiger partial charge in [0.05, 0.1) is 0 Å². The van der Waals surface area contributed by atoms with E-state index < -0.39 is 0 Å². The first-order chi connectivity index (χ1) is 5.22. The fraction of sp³-hybridized carbons (Fsp3) is 0. The second-order valence-electron chi connectivity index (χ2n) is 1.52. The van der Waals surface area contributed by atoms with Gasteiger partial charge in [0.2, 0.25) is 0 Å². The minimum atomic E-state index is -0.250. The predicted octanol–water partition coefficient (Wildman–Crippen LogP) is 2.75. The molecule has 1 aromatic rings. The molecule has 0 aliphatic carbocycles. The van der Waals surface area contributed by atoms with E-state index >= 15 is 0 Å². The van der Waals surface area contributed by atoms with E-state index in [1.54, 1.807) is 0 Å². The van der Waals surface area contributed by atoms with Crippen LogP contribution < -0.4 is 0 Å². The molecule has 2 nitrogen and oxygen atoms in total. The van der Waals surface area contributed by atoms with Gasteiger partial charge in [0.1, 0.15) is 0 Å². The number of benzene rings is 1. The summed E-state index contributed by atoms with van der Waals surface area (Å²) in [6, 6.07) is 8.12. The van der Waals surface area contributed by atoms with E-state index in [-0.39, 0.29) is 6.47 Å². The predicted molar refractivity (Wildman–Crippen MR) is 55.6 cm³/mol. The second kappa shape index (κ2) is 6.60. The van der Waals surface area contributed by atoms with E-state index in [0.717, 1.165) is 0 Å². The van der Waals surface area contributed by atoms with Gasteiger partial charge in [-0.3, -0.25) is 4.79 Å². The minimum Gasteiger partial charge on any atom is -0.483 e. The summed E-state index contributed by atoms with van der Waals surface area (Å²) in [5.41, 5.74) is 0. The Morgan fingerprint density at radius 3 is 2.18 bits per heavy atom. The molecule has 1 N–H and O–H groups in total. The van der Waals surface area contributed by atoms with Gasteiger partial charge in [-0.05, 0) is 50.7 Å². The van der Waals surface area contributed by atoms with Gasteiger partial charge in [0, 0.05) is 8.04 Å². The highest BCUT2D eigenvalue weighted by atomic mass is 127. The van der Waals surface area contributed by atoms with Crippen molar-refractivity contribution in [1.82, 2.24) is 0 Å². The van der Waals surface area contributed by atoms with E-state index in [2.05, 4.69) is 44.6 Å². The maximum Gasteiger partial charge on any atom is 0.290 e. The summed E-state index contributed by atoms with van der Waals surface area (Å²) >= 11 is 5.67. The standard InChI is InChI=1S/C6H4BrI.CH2O2/c7-5-3-1-2-4-6(5)8;2-1-3/h1-4H;1H,(H,2,3). The number of carbonyl (C=O) groups is 1. The lowest BCUT2D eigenvalue weighted by atomic mass is 10.4. The molecule has 0 aromatic heterocycles. The number of halogens is 2. The quantitative estimate of drug-likeness (QED) is 0.587. The van der Waals surface area contributed by atoms with Gasteiger partial charge >= 0.3 is 0 Å². The summed E-state index contributed by atoms with van der Waals surface area (Å²) in [6.45, 7) is -0.250. The molecule has 0 radical (unpaired) electrons. The Balaban J connectivity index is 0.000000292. The summed E-state index contributed by atoms with van der Waals surface area (Å²) in [5, 5.41) is 6.89. The first-order valence-electron chi connectivity index (χ1n) is 2.70. The molecule has 1 aromatic carbocycles. The number of hydrogen-bond acceptors (Lipinski definition) is 1. The highest BCUT2D eigenvalue weighted by Crippen LogP contribution is 2.16. The molecule has 0 aliphatic rings. The van der Waals surface area contributed by atoms with Crippen LogP contribution in [0, 0.1) is 3.57 Å². The molecule has 0 heterocycles. The van der Waals surface area contributed by atoms with Gasteiger partial charge in [-0.25, -0.2) is 0 Å². The Hall–Kier alpha value is -0.100. The number of hydrogen-bond donors (Lipinski definition) is 1. The van der Waals surface area contributed by atoms with Crippen LogP contribution in [0.15, 0.2) is 28.7 Å². The summed E-state index contributed by atoms with van der Waals surface area (Å²) in [6.07, 6.45) is 0. The van der Waals surface area contributed by atoms with Crippen molar-refractivity contribution in [2.75, 3.05) is 0 Å². The van der Waals surface area contributed by atoms with Crippen molar-refractivity contribution < 1.29 is 9.90 Å². The SMILES string of the molecule is Brc1ccccc1I.O=CO. The maximum absolute atomic E-state index is 8.36. The lowest BCUT2D eigenvalue weighted by molar-refractivity contribution is -0.122. The summed E-state index contributed by atoms with van der Waals surface area (Å²) in [7, 11) is 0. The lowest BCUT2D eigenvalue weighted by Gasteiger charge is -1.89. The van der Waals surface area contributed by atoms with Crippen LogP contribution in [0.2, 0.25) is 0 Å². The third kappa shape index (κ3) is 5.20. The van der Waals surface area contributed by atoms with Gasteiger partial charge in [0.15, 0.2) is 0 Å². The zero-order valence-corrected chi connectivity index (χ0v) is 9.24. The van der Waals surface area contributed by atoms with Crippen molar-refractivity contribution in [2.45, 2.75) is 0 Å². The third-order valence-electron chi connectivity index (χ3n) is 0.824. The highest BCUT2D eigenvalue weighted by molar-refractivity contribution is 14.1. The molecule has 0 spiro atoms. The monoisotopic (exact) mass is 328 g/mol. The molecule has 0 atom stereocenters. The van der Waals surface area contributed by atoms with Crippen molar-refractivity contribution in [3.63, 3.8) is 0 Å². The molecule has 0 aliphatic heterocycles. The Morgan fingerprint density at radius 2 is 1.91 bits per heavy atom. The van der Waals surface area contributed by atoms with Gasteiger partial charge in [-0.2, -0.15) is 0 Å². The average molecular weight is 329 g/mol. The van der Waals surface area contributed by atoms with Crippen LogP contribution in [0.1, 0.15) is 0 Å². The second-order valence-corrected chi connectivity index (χ2v) is 3.54. The van der Waals surface area contributed by atoms with E-state index in [1.807, 2.05) is 18.2 Å². The van der Waals surface area contributed by atoms with Crippen LogP contribution >= 0.6 is 38.5 Å². The zero-order chi connectivity index (χ0) is 8.69. The molecule has 0 amide bonds. The fourth-order valence-corrected chi connectivity index (χ4v) is 1.11. The molecule has 60 valence electrons. The zero-order valence-electron chi connectivity index (χ0n) is 5.50. The lowest BCUT2D eigenvalue weighted by Crippen LogP contribution is -1.68. The van der Waals surface area contributed by atoms with Gasteiger partial charge in [-0.15, -0.1) is 0 Å². The van der Waals surface area contributed by atoms with E-state index in [1.165, 1.54) is 8.04 Å². The molecular weight excluding hydrogens is 323 g/mol. The highest BCUT2D eigenvalue weighted by Gasteiger charge is 1.88. The molecule has 0 saturated heterocycles. The normalized spacial score (nSPS) is 7.82. The number of carboxylic acid groups (broad SMARTS) is 1. The van der Waals surface area contributed by atoms with Crippen LogP contribution in [0.4, 0.5) is 0 Å². The number of rotatable bonds is 0.